The lowest BCUT2D eigenvalue weighted by atomic mass is 9.98. The van der Waals surface area contributed by atoms with Gasteiger partial charge in [0.15, 0.2) is 0 Å². The van der Waals surface area contributed by atoms with E-state index in [9.17, 15) is 9.59 Å². The number of nitrogens with zero attached hydrogens (tertiary/aromatic N) is 2. The van der Waals surface area contributed by atoms with Gasteiger partial charge in [0, 0.05) is 37.4 Å². The lowest BCUT2D eigenvalue weighted by Gasteiger charge is -2.37. The van der Waals surface area contributed by atoms with Gasteiger partial charge in [-0.1, -0.05) is 18.2 Å². The second kappa shape index (κ2) is 7.37. The first-order chi connectivity index (χ1) is 12.6. The number of carbonyl (C=O) groups excluding carboxylic acids is 2. The molecule has 2 amide bonds. The maximum atomic E-state index is 13.0. The lowest BCUT2D eigenvalue weighted by Crippen LogP contribution is -2.53. The molecule has 6 heteroatoms. The summed E-state index contributed by atoms with van der Waals surface area (Å²) in [5.41, 5.74) is 1.07. The second-order valence-corrected chi connectivity index (χ2v) is 8.27. The molecule has 0 spiro atoms. The molecular weight excluding hydrogens is 346 g/mol. The smallest absolute Gasteiger partial charge is 0.264 e. The van der Waals surface area contributed by atoms with Gasteiger partial charge in [0.1, 0.15) is 0 Å². The predicted molar refractivity (Wildman–Crippen MR) is 105 cm³/mol. The number of aryl methyl sites for hydroxylation is 1. The molecule has 1 aromatic heterocycles. The maximum Gasteiger partial charge on any atom is 0.264 e. The van der Waals surface area contributed by atoms with Crippen LogP contribution in [-0.4, -0.2) is 60.9 Å². The topological polar surface area (TPSA) is 52.7 Å². The summed E-state index contributed by atoms with van der Waals surface area (Å²) in [4.78, 5) is 30.3. The zero-order valence-corrected chi connectivity index (χ0v) is 16.0. The van der Waals surface area contributed by atoms with Crippen LogP contribution in [0.25, 0.3) is 10.1 Å². The molecule has 1 aromatic carbocycles. The summed E-state index contributed by atoms with van der Waals surface area (Å²) in [6.07, 6.45) is 2.05. The molecular formula is C20H25N3O2S. The Morgan fingerprint density at radius 1 is 1.12 bits per heavy atom. The van der Waals surface area contributed by atoms with Crippen LogP contribution in [0.15, 0.2) is 24.3 Å². The third-order valence-corrected chi connectivity index (χ3v) is 6.82. The first kappa shape index (κ1) is 17.5. The van der Waals surface area contributed by atoms with Crippen molar-refractivity contribution in [2.24, 2.45) is 5.92 Å². The Labute approximate surface area is 158 Å². The van der Waals surface area contributed by atoms with Crippen LogP contribution in [0.1, 0.15) is 28.1 Å². The molecule has 0 aliphatic carbocycles. The summed E-state index contributed by atoms with van der Waals surface area (Å²) >= 11 is 1.58. The normalized spacial score (nSPS) is 21.2. The highest BCUT2D eigenvalue weighted by Gasteiger charge is 2.30. The van der Waals surface area contributed by atoms with E-state index in [-0.39, 0.29) is 17.7 Å². The number of amides is 2. The Morgan fingerprint density at radius 3 is 2.54 bits per heavy atom. The number of thiophene rings is 1. The van der Waals surface area contributed by atoms with Crippen molar-refractivity contribution in [2.75, 3.05) is 39.3 Å². The van der Waals surface area contributed by atoms with Crippen LogP contribution >= 0.6 is 11.3 Å². The average molecular weight is 372 g/mol. The van der Waals surface area contributed by atoms with Gasteiger partial charge in [-0.05, 0) is 43.3 Å². The molecule has 1 N–H and O–H groups in total. The number of rotatable bonds is 2. The van der Waals surface area contributed by atoms with E-state index >= 15 is 0 Å². The number of nitrogens with one attached hydrogen (secondary N) is 1. The minimum atomic E-state index is 0.107. The van der Waals surface area contributed by atoms with E-state index in [0.29, 0.717) is 26.2 Å². The Hall–Kier alpha value is -1.92. The number of benzene rings is 1. The van der Waals surface area contributed by atoms with Crippen LogP contribution in [0.4, 0.5) is 0 Å². The fraction of sp³-hybridized carbons (Fsp3) is 0.500. The van der Waals surface area contributed by atoms with Gasteiger partial charge in [0.25, 0.3) is 5.91 Å². The van der Waals surface area contributed by atoms with Gasteiger partial charge in [0.2, 0.25) is 5.91 Å². The number of piperidine rings is 1. The molecule has 26 heavy (non-hydrogen) atoms. The maximum absolute atomic E-state index is 13.0. The molecule has 5 nitrogen and oxygen atoms in total. The van der Waals surface area contributed by atoms with Crippen molar-refractivity contribution in [3.63, 3.8) is 0 Å². The third-order valence-electron chi connectivity index (χ3n) is 5.56. The van der Waals surface area contributed by atoms with Gasteiger partial charge in [-0.25, -0.2) is 0 Å². The largest absolute Gasteiger partial charge is 0.339 e. The van der Waals surface area contributed by atoms with Crippen LogP contribution in [0, 0.1) is 12.8 Å². The van der Waals surface area contributed by atoms with Gasteiger partial charge in [-0.2, -0.15) is 0 Å². The molecule has 1 unspecified atom stereocenters. The summed E-state index contributed by atoms with van der Waals surface area (Å²) in [5, 5.41) is 4.48. The van der Waals surface area contributed by atoms with Crippen LogP contribution in [0.5, 0.6) is 0 Å². The van der Waals surface area contributed by atoms with Gasteiger partial charge in [-0.15, -0.1) is 11.3 Å². The summed E-state index contributed by atoms with van der Waals surface area (Å²) in [6.45, 7) is 6.37. The molecule has 3 heterocycles. The van der Waals surface area contributed by atoms with Crippen molar-refractivity contribution >= 4 is 33.2 Å². The molecule has 0 radical (unpaired) electrons. The van der Waals surface area contributed by atoms with E-state index in [2.05, 4.69) is 17.4 Å². The van der Waals surface area contributed by atoms with Crippen LogP contribution in [0.2, 0.25) is 0 Å². The molecule has 4 rings (SSSR count). The van der Waals surface area contributed by atoms with Gasteiger partial charge < -0.3 is 15.1 Å². The SMILES string of the molecule is Cc1c(C(=O)N2CCN(C(=O)C3CCCNC3)CC2)sc2ccccc12. The summed E-state index contributed by atoms with van der Waals surface area (Å²) in [7, 11) is 0. The molecule has 2 aromatic rings. The third kappa shape index (κ3) is 3.23. The summed E-state index contributed by atoms with van der Waals surface area (Å²) in [6, 6.07) is 8.17. The van der Waals surface area contributed by atoms with Crippen LogP contribution in [0.3, 0.4) is 0 Å². The van der Waals surface area contributed by atoms with E-state index in [1.54, 1.807) is 11.3 Å². The van der Waals surface area contributed by atoms with Crippen molar-refractivity contribution in [1.29, 1.82) is 0 Å². The lowest BCUT2D eigenvalue weighted by molar-refractivity contribution is -0.137. The molecule has 0 saturated carbocycles. The zero-order valence-electron chi connectivity index (χ0n) is 15.2. The highest BCUT2D eigenvalue weighted by atomic mass is 32.1. The standard InChI is InChI=1S/C20H25N3O2S/c1-14-16-6-2-3-7-17(16)26-18(14)20(25)23-11-9-22(10-12-23)19(24)15-5-4-8-21-13-15/h2-3,6-7,15,21H,4-5,8-13H2,1H3. The predicted octanol–water partition coefficient (Wildman–Crippen LogP) is 2.49. The Bertz CT molecular complexity index is 818. The van der Waals surface area contributed by atoms with E-state index in [4.69, 9.17) is 0 Å². The molecule has 0 bridgehead atoms. The highest BCUT2D eigenvalue weighted by molar-refractivity contribution is 7.21. The monoisotopic (exact) mass is 371 g/mol. The number of hydrogen-bond acceptors (Lipinski definition) is 4. The Morgan fingerprint density at radius 2 is 1.85 bits per heavy atom. The van der Waals surface area contributed by atoms with Gasteiger partial charge in [0.05, 0.1) is 10.8 Å². The van der Waals surface area contributed by atoms with E-state index in [1.165, 1.54) is 5.39 Å². The Balaban J connectivity index is 1.41. The first-order valence-corrected chi connectivity index (χ1v) is 10.2. The Kier molecular flexibility index (Phi) is 4.96. The zero-order chi connectivity index (χ0) is 18.1. The second-order valence-electron chi connectivity index (χ2n) is 7.21. The minimum absolute atomic E-state index is 0.107. The number of fused-ring (bicyclic) bond motifs is 1. The van der Waals surface area contributed by atoms with E-state index < -0.39 is 0 Å². The fourth-order valence-electron chi connectivity index (χ4n) is 3.97. The highest BCUT2D eigenvalue weighted by Crippen LogP contribution is 2.31. The van der Waals surface area contributed by atoms with E-state index in [0.717, 1.165) is 41.1 Å². The van der Waals surface area contributed by atoms with Gasteiger partial charge >= 0.3 is 0 Å². The number of carbonyl (C=O) groups is 2. The summed E-state index contributed by atoms with van der Waals surface area (Å²) in [5.74, 6) is 0.466. The molecule has 2 fully saturated rings. The van der Waals surface area contributed by atoms with Crippen molar-refractivity contribution in [3.05, 3.63) is 34.7 Å². The molecule has 2 aliphatic heterocycles. The van der Waals surface area contributed by atoms with E-state index in [1.807, 2.05) is 28.9 Å². The minimum Gasteiger partial charge on any atom is -0.339 e. The number of hydrogen-bond donors (Lipinski definition) is 1. The molecule has 2 aliphatic rings. The van der Waals surface area contributed by atoms with Crippen molar-refractivity contribution < 1.29 is 9.59 Å². The van der Waals surface area contributed by atoms with Crippen LogP contribution in [-0.2, 0) is 4.79 Å². The fourth-order valence-corrected chi connectivity index (χ4v) is 5.15. The van der Waals surface area contributed by atoms with Crippen molar-refractivity contribution in [3.8, 4) is 0 Å². The van der Waals surface area contributed by atoms with Crippen molar-refractivity contribution in [1.82, 2.24) is 15.1 Å². The van der Waals surface area contributed by atoms with Crippen molar-refractivity contribution in [2.45, 2.75) is 19.8 Å². The quantitative estimate of drug-likeness (QED) is 0.882. The molecule has 2 saturated heterocycles. The summed E-state index contributed by atoms with van der Waals surface area (Å²) < 4.78 is 1.16. The molecule has 1 atom stereocenters. The number of piperazine rings is 1. The first-order valence-electron chi connectivity index (χ1n) is 9.42. The van der Waals surface area contributed by atoms with Gasteiger partial charge in [-0.3, -0.25) is 9.59 Å². The van der Waals surface area contributed by atoms with Crippen LogP contribution < -0.4 is 5.32 Å². The average Bonchev–Trinajstić information content (AvgIpc) is 3.04. The molecule has 138 valence electrons.